The Kier molecular flexibility index (Phi) is 5.21. The Morgan fingerprint density at radius 2 is 2.05 bits per heavy atom. The SMILES string of the molecule is Cc1cccc(CC2=CCCC(CCO)CC2)c1C. The first kappa shape index (κ1) is 14.3. The van der Waals surface area contributed by atoms with Crippen LogP contribution in [-0.2, 0) is 6.42 Å². The number of aliphatic hydroxyl groups is 1. The highest BCUT2D eigenvalue weighted by molar-refractivity contribution is 5.35. The summed E-state index contributed by atoms with van der Waals surface area (Å²) in [4.78, 5) is 0. The van der Waals surface area contributed by atoms with E-state index in [0.717, 1.165) is 18.8 Å². The van der Waals surface area contributed by atoms with Gasteiger partial charge in [-0.25, -0.2) is 0 Å². The van der Waals surface area contributed by atoms with Crippen molar-refractivity contribution in [3.05, 3.63) is 46.5 Å². The Morgan fingerprint density at radius 3 is 2.84 bits per heavy atom. The van der Waals surface area contributed by atoms with Crippen LogP contribution in [0.1, 0.15) is 48.8 Å². The van der Waals surface area contributed by atoms with Gasteiger partial charge < -0.3 is 5.11 Å². The van der Waals surface area contributed by atoms with Crippen LogP contribution >= 0.6 is 0 Å². The van der Waals surface area contributed by atoms with Gasteiger partial charge in [0.15, 0.2) is 0 Å². The standard InChI is InChI=1S/C18H26O/c1-14-5-3-8-18(15(14)2)13-17-7-4-6-16(9-10-17)11-12-19/h3,5,7-8,16,19H,4,6,9-13H2,1-2H3. The molecule has 2 rings (SSSR count). The van der Waals surface area contributed by atoms with Crippen molar-refractivity contribution < 1.29 is 5.11 Å². The smallest absolute Gasteiger partial charge is 0.0433 e. The van der Waals surface area contributed by atoms with E-state index in [1.807, 2.05) is 0 Å². The molecule has 1 nitrogen and oxygen atoms in total. The molecular weight excluding hydrogens is 232 g/mol. The van der Waals surface area contributed by atoms with Crippen LogP contribution in [-0.4, -0.2) is 11.7 Å². The van der Waals surface area contributed by atoms with E-state index in [4.69, 9.17) is 5.11 Å². The van der Waals surface area contributed by atoms with E-state index in [0.29, 0.717) is 6.61 Å². The molecule has 0 spiro atoms. The topological polar surface area (TPSA) is 20.2 Å². The van der Waals surface area contributed by atoms with Crippen molar-refractivity contribution in [1.29, 1.82) is 0 Å². The molecule has 0 saturated heterocycles. The van der Waals surface area contributed by atoms with Crippen LogP contribution in [0.3, 0.4) is 0 Å². The van der Waals surface area contributed by atoms with Crippen molar-refractivity contribution in [2.45, 2.75) is 52.4 Å². The van der Waals surface area contributed by atoms with Gasteiger partial charge in [0.2, 0.25) is 0 Å². The molecule has 1 aliphatic carbocycles. The van der Waals surface area contributed by atoms with Gasteiger partial charge in [0.25, 0.3) is 0 Å². The van der Waals surface area contributed by atoms with E-state index in [1.54, 1.807) is 5.57 Å². The lowest BCUT2D eigenvalue weighted by atomic mass is 9.93. The Balaban J connectivity index is 2.00. The van der Waals surface area contributed by atoms with E-state index in [1.165, 1.54) is 42.4 Å². The third-order valence-electron chi connectivity index (χ3n) is 4.55. The zero-order valence-corrected chi connectivity index (χ0v) is 12.3. The number of benzene rings is 1. The summed E-state index contributed by atoms with van der Waals surface area (Å²) in [5, 5.41) is 9.06. The fraction of sp³-hybridized carbons (Fsp3) is 0.556. The molecule has 0 aliphatic heterocycles. The predicted octanol–water partition coefficient (Wildman–Crippen LogP) is 4.34. The Bertz CT molecular complexity index is 445. The predicted molar refractivity (Wildman–Crippen MR) is 81.4 cm³/mol. The van der Waals surface area contributed by atoms with Crippen molar-refractivity contribution in [2.24, 2.45) is 5.92 Å². The summed E-state index contributed by atoms with van der Waals surface area (Å²) >= 11 is 0. The number of allylic oxidation sites excluding steroid dienone is 2. The van der Waals surface area contributed by atoms with E-state index in [2.05, 4.69) is 38.1 Å². The molecule has 19 heavy (non-hydrogen) atoms. The molecule has 0 fully saturated rings. The van der Waals surface area contributed by atoms with Crippen LogP contribution < -0.4 is 0 Å². The molecule has 0 heterocycles. The summed E-state index contributed by atoms with van der Waals surface area (Å²) in [6.07, 6.45) is 9.42. The van der Waals surface area contributed by atoms with Gasteiger partial charge in [-0.05, 0) is 75.0 Å². The summed E-state index contributed by atoms with van der Waals surface area (Å²) < 4.78 is 0. The number of hydrogen-bond donors (Lipinski definition) is 1. The van der Waals surface area contributed by atoms with Crippen molar-refractivity contribution in [1.82, 2.24) is 0 Å². The third kappa shape index (κ3) is 3.94. The van der Waals surface area contributed by atoms with Gasteiger partial charge in [0.05, 0.1) is 0 Å². The van der Waals surface area contributed by atoms with Crippen LogP contribution in [0.25, 0.3) is 0 Å². The number of rotatable bonds is 4. The zero-order chi connectivity index (χ0) is 13.7. The number of aliphatic hydroxyl groups excluding tert-OH is 1. The second kappa shape index (κ2) is 6.91. The molecule has 1 N–H and O–H groups in total. The summed E-state index contributed by atoms with van der Waals surface area (Å²) in [7, 11) is 0. The van der Waals surface area contributed by atoms with Crippen LogP contribution in [0.15, 0.2) is 29.8 Å². The third-order valence-corrected chi connectivity index (χ3v) is 4.55. The second-order valence-electron chi connectivity index (χ2n) is 5.89. The van der Waals surface area contributed by atoms with Gasteiger partial charge in [-0.2, -0.15) is 0 Å². The minimum absolute atomic E-state index is 0.344. The molecule has 0 aromatic heterocycles. The first-order valence-electron chi connectivity index (χ1n) is 7.54. The number of aryl methyl sites for hydroxylation is 1. The fourth-order valence-electron chi connectivity index (χ4n) is 3.04. The lowest BCUT2D eigenvalue weighted by Crippen LogP contribution is -2.02. The molecule has 104 valence electrons. The van der Waals surface area contributed by atoms with Crippen molar-refractivity contribution in [3.8, 4) is 0 Å². The lowest BCUT2D eigenvalue weighted by Gasteiger charge is -2.13. The molecule has 1 heteroatoms. The van der Waals surface area contributed by atoms with E-state index >= 15 is 0 Å². The molecule has 0 saturated carbocycles. The monoisotopic (exact) mass is 258 g/mol. The molecule has 0 radical (unpaired) electrons. The largest absolute Gasteiger partial charge is 0.396 e. The summed E-state index contributed by atoms with van der Waals surface area (Å²) in [6, 6.07) is 6.63. The molecule has 1 unspecified atom stereocenters. The molecular formula is C18H26O. The van der Waals surface area contributed by atoms with Crippen LogP contribution in [0.2, 0.25) is 0 Å². The summed E-state index contributed by atoms with van der Waals surface area (Å²) in [6.45, 7) is 4.77. The number of hydrogen-bond acceptors (Lipinski definition) is 1. The van der Waals surface area contributed by atoms with Gasteiger partial charge in [-0.15, -0.1) is 0 Å². The van der Waals surface area contributed by atoms with E-state index in [9.17, 15) is 0 Å². The molecule has 0 amide bonds. The van der Waals surface area contributed by atoms with Crippen LogP contribution in [0, 0.1) is 19.8 Å². The maximum absolute atomic E-state index is 9.06. The summed E-state index contributed by atoms with van der Waals surface area (Å²) in [5.74, 6) is 0.720. The van der Waals surface area contributed by atoms with E-state index < -0.39 is 0 Å². The highest BCUT2D eigenvalue weighted by Gasteiger charge is 2.13. The van der Waals surface area contributed by atoms with Gasteiger partial charge >= 0.3 is 0 Å². The van der Waals surface area contributed by atoms with Crippen LogP contribution in [0.4, 0.5) is 0 Å². The average Bonchev–Trinajstić information content (AvgIpc) is 2.61. The molecule has 0 bridgehead atoms. The van der Waals surface area contributed by atoms with Gasteiger partial charge in [0, 0.05) is 6.61 Å². The van der Waals surface area contributed by atoms with Gasteiger partial charge in [-0.3, -0.25) is 0 Å². The quantitative estimate of drug-likeness (QED) is 0.796. The van der Waals surface area contributed by atoms with Crippen molar-refractivity contribution in [2.75, 3.05) is 6.61 Å². The Morgan fingerprint density at radius 1 is 1.21 bits per heavy atom. The summed E-state index contributed by atoms with van der Waals surface area (Å²) in [5.41, 5.74) is 5.91. The zero-order valence-electron chi connectivity index (χ0n) is 12.3. The van der Waals surface area contributed by atoms with Crippen LogP contribution in [0.5, 0.6) is 0 Å². The van der Waals surface area contributed by atoms with Gasteiger partial charge in [-0.1, -0.05) is 29.8 Å². The highest BCUT2D eigenvalue weighted by Crippen LogP contribution is 2.28. The first-order chi connectivity index (χ1) is 9.20. The highest BCUT2D eigenvalue weighted by atomic mass is 16.3. The minimum atomic E-state index is 0.344. The first-order valence-corrected chi connectivity index (χ1v) is 7.54. The molecule has 1 aromatic carbocycles. The maximum Gasteiger partial charge on any atom is 0.0433 e. The van der Waals surface area contributed by atoms with Crippen molar-refractivity contribution >= 4 is 0 Å². The second-order valence-corrected chi connectivity index (χ2v) is 5.89. The van der Waals surface area contributed by atoms with E-state index in [-0.39, 0.29) is 0 Å². The maximum atomic E-state index is 9.06. The molecule has 1 aromatic rings. The van der Waals surface area contributed by atoms with Gasteiger partial charge in [0.1, 0.15) is 0 Å². The fourth-order valence-corrected chi connectivity index (χ4v) is 3.04. The lowest BCUT2D eigenvalue weighted by molar-refractivity contribution is 0.248. The average molecular weight is 258 g/mol. The molecule has 1 aliphatic rings. The molecule has 1 atom stereocenters. The normalized spacial score (nSPS) is 19.9. The van der Waals surface area contributed by atoms with Crippen molar-refractivity contribution in [3.63, 3.8) is 0 Å². The Labute approximate surface area is 117 Å². The Hall–Kier alpha value is -1.08. The minimum Gasteiger partial charge on any atom is -0.396 e.